The Kier molecular flexibility index (Phi) is 4.67. The van der Waals surface area contributed by atoms with Crippen molar-refractivity contribution in [2.45, 2.75) is 36.3 Å². The average Bonchev–Trinajstić information content (AvgIpc) is 3.05. The lowest BCUT2D eigenvalue weighted by molar-refractivity contribution is -0.526. The number of fused-ring (bicyclic) bond motifs is 3. The van der Waals surface area contributed by atoms with Crippen molar-refractivity contribution in [1.82, 2.24) is 9.97 Å². The molecule has 1 aliphatic heterocycles. The van der Waals surface area contributed by atoms with Crippen LogP contribution in [0.1, 0.15) is 17.4 Å². The van der Waals surface area contributed by atoms with Crippen LogP contribution in [0, 0.1) is 5.82 Å². The second-order valence-corrected chi connectivity index (χ2v) is 7.89. The van der Waals surface area contributed by atoms with Gasteiger partial charge in [0.25, 0.3) is 0 Å². The Labute approximate surface area is 163 Å². The number of benzene rings is 1. The number of carbonyl (C=O) groups is 1. The zero-order valence-corrected chi connectivity index (χ0v) is 15.9. The first-order valence-electron chi connectivity index (χ1n) is 8.64. The van der Waals surface area contributed by atoms with Crippen LogP contribution in [0.2, 0.25) is 0 Å². The van der Waals surface area contributed by atoms with Gasteiger partial charge in [0.05, 0.1) is 17.7 Å². The van der Waals surface area contributed by atoms with Gasteiger partial charge in [-0.05, 0) is 37.4 Å². The maximum absolute atomic E-state index is 13.7. The molecule has 0 amide bonds. The van der Waals surface area contributed by atoms with Crippen LogP contribution in [0.3, 0.4) is 0 Å². The number of Topliss-reactive ketones (excluding diaryl/α,β-unsaturated/α-hetero) is 1. The molecule has 9 heteroatoms. The van der Waals surface area contributed by atoms with Crippen molar-refractivity contribution < 1.29 is 29.2 Å². The topological polar surface area (TPSA) is 119 Å². The number of rotatable bonds is 3. The van der Waals surface area contributed by atoms with E-state index in [0.717, 1.165) is 11.8 Å². The number of halogens is 1. The summed E-state index contributed by atoms with van der Waals surface area (Å²) in [5.74, 6) is -0.989. The summed E-state index contributed by atoms with van der Waals surface area (Å²) in [6.45, 7) is 1.51. The van der Waals surface area contributed by atoms with Crippen molar-refractivity contribution in [3.05, 3.63) is 42.0 Å². The Bertz CT molecular complexity index is 1070. The van der Waals surface area contributed by atoms with E-state index in [-0.39, 0.29) is 5.69 Å². The summed E-state index contributed by atoms with van der Waals surface area (Å²) < 4.78 is 17.3. The van der Waals surface area contributed by atoms with Crippen molar-refractivity contribution in [2.24, 2.45) is 0 Å². The first-order valence-corrected chi connectivity index (χ1v) is 9.87. The molecule has 5 unspecified atom stereocenters. The van der Waals surface area contributed by atoms with Gasteiger partial charge in [0.2, 0.25) is 5.78 Å². The van der Waals surface area contributed by atoms with E-state index in [1.807, 2.05) is 0 Å². The molecule has 0 radical (unpaired) electrons. The first kappa shape index (κ1) is 19.3. The third-order valence-corrected chi connectivity index (χ3v) is 6.81. The summed E-state index contributed by atoms with van der Waals surface area (Å²) in [5.41, 5.74) is 1.04. The van der Waals surface area contributed by atoms with E-state index in [2.05, 4.69) is 9.97 Å². The Hall–Kier alpha value is -2.04. The van der Waals surface area contributed by atoms with Crippen LogP contribution in [0.5, 0.6) is 0 Å². The van der Waals surface area contributed by atoms with Crippen LogP contribution in [-0.2, 0) is 4.74 Å². The van der Waals surface area contributed by atoms with Gasteiger partial charge in [-0.1, -0.05) is 0 Å². The maximum atomic E-state index is 13.7. The molecule has 4 rings (SSSR count). The molecular weight excluding hydrogens is 387 g/mol. The molecule has 5 atom stereocenters. The molecule has 3 N–H and O–H groups in total. The number of ether oxygens (including phenoxy) is 1. The molecular formula is C19H18FN2O5S-. The van der Waals surface area contributed by atoms with Crippen molar-refractivity contribution in [2.75, 3.05) is 6.26 Å². The highest BCUT2D eigenvalue weighted by atomic mass is 32.2. The molecule has 0 aliphatic carbocycles. The smallest absolute Gasteiger partial charge is 0.204 e. The van der Waals surface area contributed by atoms with Gasteiger partial charge >= 0.3 is 0 Å². The minimum atomic E-state index is -1.85. The summed E-state index contributed by atoms with van der Waals surface area (Å²) in [6, 6.07) is 5.90. The number of pyridine rings is 1. The number of hydrogen-bond acceptors (Lipinski definition) is 7. The lowest BCUT2D eigenvalue weighted by Crippen LogP contribution is -2.69. The minimum Gasteiger partial charge on any atom is -0.829 e. The van der Waals surface area contributed by atoms with E-state index in [1.165, 1.54) is 25.3 Å². The SMILES string of the molecule is CSC1(C(=O)c2nccc3c2[nH]c2ccc(F)cc23)C(C)OC([O-])C(O)C1O. The maximum Gasteiger partial charge on any atom is 0.204 e. The highest BCUT2D eigenvalue weighted by Gasteiger charge is 2.57. The zero-order chi connectivity index (χ0) is 20.2. The van der Waals surface area contributed by atoms with Crippen LogP contribution >= 0.6 is 11.8 Å². The summed E-state index contributed by atoms with van der Waals surface area (Å²) in [7, 11) is 0. The predicted octanol–water partition coefficient (Wildman–Crippen LogP) is 0.967. The van der Waals surface area contributed by atoms with E-state index in [0.29, 0.717) is 21.8 Å². The monoisotopic (exact) mass is 405 g/mol. The second kappa shape index (κ2) is 6.78. The lowest BCUT2D eigenvalue weighted by Gasteiger charge is -2.50. The number of aliphatic hydroxyl groups is 2. The number of aliphatic hydroxyl groups excluding tert-OH is 2. The molecule has 0 bridgehead atoms. The number of ketones is 1. The highest BCUT2D eigenvalue weighted by molar-refractivity contribution is 8.00. The van der Waals surface area contributed by atoms with Gasteiger partial charge in [-0.15, -0.1) is 11.8 Å². The van der Waals surface area contributed by atoms with E-state index in [4.69, 9.17) is 4.74 Å². The van der Waals surface area contributed by atoms with Crippen LogP contribution < -0.4 is 5.11 Å². The van der Waals surface area contributed by atoms with E-state index >= 15 is 0 Å². The highest BCUT2D eigenvalue weighted by Crippen LogP contribution is 2.42. The Morgan fingerprint density at radius 2 is 2.11 bits per heavy atom. The van der Waals surface area contributed by atoms with E-state index in [9.17, 15) is 24.5 Å². The van der Waals surface area contributed by atoms with Gasteiger partial charge in [0, 0.05) is 28.8 Å². The Morgan fingerprint density at radius 3 is 2.82 bits per heavy atom. The Morgan fingerprint density at radius 1 is 1.36 bits per heavy atom. The standard InChI is InChI=1S/C19H18FN2O5S/c1-8-19(28-2,17(25)15(23)18(26)27-8)16(24)14-13-10(5-6-21-14)11-7-9(20)3-4-12(11)22-13/h3-8,15,17-18,22-23,25H,1-2H3/q-1. The molecule has 1 fully saturated rings. The molecule has 28 heavy (non-hydrogen) atoms. The predicted molar refractivity (Wildman–Crippen MR) is 100 cm³/mol. The van der Waals surface area contributed by atoms with Crippen molar-refractivity contribution >= 4 is 39.4 Å². The van der Waals surface area contributed by atoms with E-state index < -0.39 is 40.9 Å². The molecule has 0 spiro atoms. The fourth-order valence-corrected chi connectivity index (χ4v) is 4.93. The van der Waals surface area contributed by atoms with Gasteiger partial charge in [-0.25, -0.2) is 4.39 Å². The number of aromatic amines is 1. The minimum absolute atomic E-state index is 0.0227. The number of aromatic nitrogens is 2. The molecule has 1 aromatic carbocycles. The molecule has 148 valence electrons. The fraction of sp³-hybridized carbons (Fsp3) is 0.368. The van der Waals surface area contributed by atoms with Crippen molar-refractivity contribution in [3.8, 4) is 0 Å². The first-order chi connectivity index (χ1) is 13.3. The number of hydrogen-bond donors (Lipinski definition) is 3. The Balaban J connectivity index is 1.91. The number of nitrogens with zero attached hydrogens (tertiary/aromatic N) is 1. The second-order valence-electron chi connectivity index (χ2n) is 6.81. The number of thioether (sulfide) groups is 1. The van der Waals surface area contributed by atoms with Gasteiger partial charge in [0.15, 0.2) is 0 Å². The third-order valence-electron chi connectivity index (χ3n) is 5.37. The van der Waals surface area contributed by atoms with Crippen LogP contribution in [0.4, 0.5) is 4.39 Å². The van der Waals surface area contributed by atoms with Gasteiger partial charge in [0.1, 0.15) is 22.4 Å². The van der Waals surface area contributed by atoms with Crippen molar-refractivity contribution in [1.29, 1.82) is 0 Å². The van der Waals surface area contributed by atoms with Crippen LogP contribution in [-0.4, -0.2) is 61.6 Å². The zero-order valence-electron chi connectivity index (χ0n) is 15.0. The summed E-state index contributed by atoms with van der Waals surface area (Å²) >= 11 is 0.999. The van der Waals surface area contributed by atoms with Gasteiger partial charge < -0.3 is 25.0 Å². The van der Waals surface area contributed by atoms with Crippen molar-refractivity contribution in [3.63, 3.8) is 0 Å². The normalized spacial score (nSPS) is 30.8. The molecule has 3 aromatic rings. The number of nitrogens with one attached hydrogen (secondary N) is 1. The molecule has 0 saturated carbocycles. The van der Waals surface area contributed by atoms with Crippen LogP contribution in [0.25, 0.3) is 21.8 Å². The average molecular weight is 405 g/mol. The third kappa shape index (κ3) is 2.58. The lowest BCUT2D eigenvalue weighted by atomic mass is 9.83. The van der Waals surface area contributed by atoms with Crippen LogP contribution in [0.15, 0.2) is 30.5 Å². The van der Waals surface area contributed by atoms with Gasteiger partial charge in [-0.3, -0.25) is 9.78 Å². The fourth-order valence-electron chi connectivity index (χ4n) is 3.88. The van der Waals surface area contributed by atoms with Gasteiger partial charge in [-0.2, -0.15) is 0 Å². The summed E-state index contributed by atoms with van der Waals surface area (Å²) in [4.78, 5) is 20.8. The number of H-pyrrole nitrogens is 1. The quantitative estimate of drug-likeness (QED) is 0.556. The molecule has 1 aliphatic rings. The summed E-state index contributed by atoms with van der Waals surface area (Å²) in [6.07, 6.45) is -3.19. The van der Waals surface area contributed by atoms with E-state index in [1.54, 1.807) is 18.4 Å². The largest absolute Gasteiger partial charge is 0.829 e. The molecule has 3 heterocycles. The molecule has 7 nitrogen and oxygen atoms in total. The molecule has 2 aromatic heterocycles. The summed E-state index contributed by atoms with van der Waals surface area (Å²) in [5, 5.41) is 33.7. The molecule has 1 saturated heterocycles. The number of carbonyl (C=O) groups excluding carboxylic acids is 1.